The summed E-state index contributed by atoms with van der Waals surface area (Å²) in [7, 11) is -2.80. The lowest BCUT2D eigenvalue weighted by Crippen LogP contribution is -2.46. The van der Waals surface area contributed by atoms with Crippen molar-refractivity contribution in [2.24, 2.45) is 5.41 Å². The average molecular weight is 865 g/mol. The van der Waals surface area contributed by atoms with Gasteiger partial charge in [0.2, 0.25) is 0 Å². The number of aromatic hydroxyl groups is 1. The van der Waals surface area contributed by atoms with E-state index in [9.17, 15) is 22.9 Å². The fourth-order valence-electron chi connectivity index (χ4n) is 7.73. The molecule has 0 radical (unpaired) electrons. The number of fused-ring (bicyclic) bond motifs is 2. The number of benzene rings is 2. The highest BCUT2D eigenvalue weighted by Crippen LogP contribution is 2.49. The van der Waals surface area contributed by atoms with Crippen LogP contribution in [0.25, 0.3) is 11.1 Å². The van der Waals surface area contributed by atoms with Gasteiger partial charge in [0.1, 0.15) is 5.75 Å². The molecule has 0 spiro atoms. The lowest BCUT2D eigenvalue weighted by molar-refractivity contribution is -0.137. The van der Waals surface area contributed by atoms with E-state index in [1.807, 2.05) is 50.3 Å². The molecule has 0 unspecified atom stereocenters. The molecule has 0 atom stereocenters. The molecular formula is C48H68N2O10S. The minimum Gasteiger partial charge on any atom is -0.507 e. The van der Waals surface area contributed by atoms with E-state index in [0.717, 1.165) is 51.3 Å². The first-order valence-corrected chi connectivity index (χ1v) is 22.5. The summed E-state index contributed by atoms with van der Waals surface area (Å²) in [5.41, 5.74) is 6.53. The second kappa shape index (κ2) is 21.2. The summed E-state index contributed by atoms with van der Waals surface area (Å²) in [6.07, 6.45) is 12.2. The molecule has 3 N–H and O–H groups in total. The fraction of sp³-hybridized carbons (Fsp3) is 0.521. The van der Waals surface area contributed by atoms with E-state index in [-0.39, 0.29) is 28.0 Å². The van der Waals surface area contributed by atoms with Crippen molar-refractivity contribution >= 4 is 38.6 Å². The number of carbonyl (C=O) groups is 1. The third-order valence-corrected chi connectivity index (χ3v) is 12.1. The molecule has 12 nitrogen and oxygen atoms in total. The molecular weight excluding hydrogens is 797 g/mol. The van der Waals surface area contributed by atoms with Crippen LogP contribution in [0.3, 0.4) is 0 Å². The number of hydrogen-bond acceptors (Lipinski definition) is 10. The zero-order valence-electron chi connectivity index (χ0n) is 37.7. The Hall–Kier alpha value is -4.24. The second-order valence-electron chi connectivity index (χ2n) is 17.8. The molecule has 0 bridgehead atoms. The lowest BCUT2D eigenvalue weighted by atomic mass is 9.83. The molecule has 61 heavy (non-hydrogen) atoms. The van der Waals surface area contributed by atoms with Crippen LogP contribution in [-0.2, 0) is 39.3 Å². The van der Waals surface area contributed by atoms with E-state index in [1.54, 1.807) is 13.2 Å². The largest absolute Gasteiger partial charge is 0.507 e. The Bertz CT molecular complexity index is 2110. The molecule has 0 fully saturated rings. The number of carboxylic acid groups (broad SMARTS) is 1. The van der Waals surface area contributed by atoms with Crippen molar-refractivity contribution < 1.29 is 46.9 Å². The van der Waals surface area contributed by atoms with Crippen LogP contribution in [0.5, 0.6) is 5.75 Å². The number of unbranched alkanes of at least 4 members (excludes halogenated alkanes) is 2. The molecule has 336 valence electrons. The predicted octanol–water partition coefficient (Wildman–Crippen LogP) is 9.21. The number of phenolic OH excluding ortho intramolecular Hbond substituents is 1. The van der Waals surface area contributed by atoms with Crippen molar-refractivity contribution in [2.75, 3.05) is 76.2 Å². The van der Waals surface area contributed by atoms with E-state index < -0.39 is 21.5 Å². The molecule has 0 aliphatic carbocycles. The average Bonchev–Trinajstić information content (AvgIpc) is 3.37. The molecule has 4 rings (SSSR count). The molecule has 0 saturated heterocycles. The van der Waals surface area contributed by atoms with Crippen molar-refractivity contribution in [1.82, 2.24) is 0 Å². The van der Waals surface area contributed by atoms with E-state index in [0.29, 0.717) is 77.7 Å². The lowest BCUT2D eigenvalue weighted by Gasteiger charge is -2.43. The van der Waals surface area contributed by atoms with E-state index in [2.05, 4.69) is 64.0 Å². The van der Waals surface area contributed by atoms with Crippen LogP contribution in [-0.4, -0.2) is 101 Å². The monoisotopic (exact) mass is 864 g/mol. The summed E-state index contributed by atoms with van der Waals surface area (Å²) in [4.78, 5) is 15.4. The number of phenols is 1. The highest BCUT2D eigenvalue weighted by Gasteiger charge is 2.40. The Morgan fingerprint density at radius 2 is 1.52 bits per heavy atom. The van der Waals surface area contributed by atoms with Gasteiger partial charge in [0.15, 0.2) is 0 Å². The number of methoxy groups -OCH3 is 1. The van der Waals surface area contributed by atoms with Gasteiger partial charge in [-0.1, -0.05) is 71.9 Å². The minimum atomic E-state index is -4.43. The standard InChI is InChI=1S/C48H68N2O10S/c1-34-33-47(6,7)50(21-22-58-25-26-60-28-27-59-24-23-57-10)42-32-43(51)39(31-38(34)42)36(29-35(2)46(3,4)5)15-14-16-44-48(8,9)40-30-37(61(54,55)56)18-19-41(40)49(44)20-13-11-12-17-45(52)53/h14-16,18-19,29-33,51H,2,11-13,17,20-28H2,1,3-10H3,(H,52,53)(H,54,55,56)/b15-14+,36-29-,44-16-. The van der Waals surface area contributed by atoms with Crippen molar-refractivity contribution in [3.63, 3.8) is 0 Å². The Morgan fingerprint density at radius 1 is 0.885 bits per heavy atom. The molecule has 0 amide bonds. The molecule has 2 aromatic carbocycles. The summed E-state index contributed by atoms with van der Waals surface area (Å²) >= 11 is 0. The van der Waals surface area contributed by atoms with Gasteiger partial charge in [-0.05, 0) is 91.7 Å². The van der Waals surface area contributed by atoms with Crippen LogP contribution < -0.4 is 9.80 Å². The highest BCUT2D eigenvalue weighted by atomic mass is 32.2. The zero-order valence-corrected chi connectivity index (χ0v) is 38.5. The molecule has 0 aromatic heterocycles. The number of carboxylic acids is 1. The number of ether oxygens (including phenoxy) is 4. The third-order valence-electron chi connectivity index (χ3n) is 11.3. The van der Waals surface area contributed by atoms with E-state index in [1.165, 1.54) is 12.1 Å². The number of allylic oxidation sites excluding steroid dienone is 8. The summed E-state index contributed by atoms with van der Waals surface area (Å²) in [6.45, 7) is 25.7. The Kier molecular flexibility index (Phi) is 17.2. The molecule has 0 saturated carbocycles. The number of rotatable bonds is 23. The van der Waals surface area contributed by atoms with Gasteiger partial charge in [0.25, 0.3) is 10.1 Å². The predicted molar refractivity (Wildman–Crippen MR) is 244 cm³/mol. The van der Waals surface area contributed by atoms with Crippen molar-refractivity contribution in [3.05, 3.63) is 95.3 Å². The normalized spacial score (nSPS) is 16.9. The van der Waals surface area contributed by atoms with Gasteiger partial charge in [-0.15, -0.1) is 0 Å². The van der Waals surface area contributed by atoms with Crippen molar-refractivity contribution in [2.45, 2.75) is 96.9 Å². The first-order chi connectivity index (χ1) is 28.6. The molecule has 13 heteroatoms. The van der Waals surface area contributed by atoms with Crippen LogP contribution in [0.4, 0.5) is 11.4 Å². The van der Waals surface area contributed by atoms with Crippen molar-refractivity contribution in [3.8, 4) is 5.75 Å². The number of hydrogen-bond donors (Lipinski definition) is 3. The maximum Gasteiger partial charge on any atom is 0.303 e. The topological polar surface area (TPSA) is 155 Å². The van der Waals surface area contributed by atoms with Crippen molar-refractivity contribution in [1.29, 1.82) is 0 Å². The van der Waals surface area contributed by atoms with Gasteiger partial charge in [0, 0.05) is 66.3 Å². The molecule has 2 aliphatic heterocycles. The van der Waals surface area contributed by atoms with Crippen LogP contribution in [0.2, 0.25) is 0 Å². The van der Waals surface area contributed by atoms with E-state index in [4.69, 9.17) is 24.1 Å². The van der Waals surface area contributed by atoms with Gasteiger partial charge in [-0.2, -0.15) is 8.42 Å². The number of nitrogens with zero attached hydrogens (tertiary/aromatic N) is 2. The smallest absolute Gasteiger partial charge is 0.303 e. The second-order valence-corrected chi connectivity index (χ2v) is 19.2. The maximum atomic E-state index is 12.2. The van der Waals surface area contributed by atoms with Crippen LogP contribution in [0, 0.1) is 5.41 Å². The number of anilines is 2. The van der Waals surface area contributed by atoms with Gasteiger partial charge in [-0.25, -0.2) is 0 Å². The summed E-state index contributed by atoms with van der Waals surface area (Å²) in [6, 6.07) is 8.53. The quantitative estimate of drug-likeness (QED) is 0.0554. The number of aliphatic carboxylic acids is 1. The first kappa shape index (κ1) is 49.4. The Labute approximate surface area is 364 Å². The van der Waals surface area contributed by atoms with Gasteiger partial charge in [-0.3, -0.25) is 9.35 Å². The maximum absolute atomic E-state index is 12.2. The molecule has 2 aromatic rings. The Balaban J connectivity index is 1.66. The van der Waals surface area contributed by atoms with Gasteiger partial charge in [0.05, 0.1) is 56.7 Å². The van der Waals surface area contributed by atoms with Gasteiger partial charge >= 0.3 is 5.97 Å². The molecule has 2 heterocycles. The van der Waals surface area contributed by atoms with Crippen LogP contribution in [0.1, 0.15) is 97.8 Å². The third kappa shape index (κ3) is 13.1. The van der Waals surface area contributed by atoms with Crippen LogP contribution >= 0.6 is 0 Å². The zero-order chi connectivity index (χ0) is 45.2. The fourth-order valence-corrected chi connectivity index (χ4v) is 8.24. The summed E-state index contributed by atoms with van der Waals surface area (Å²) < 4.78 is 56.3. The minimum absolute atomic E-state index is 0.0959. The van der Waals surface area contributed by atoms with Gasteiger partial charge < -0.3 is 39.0 Å². The highest BCUT2D eigenvalue weighted by molar-refractivity contribution is 7.85. The first-order valence-electron chi connectivity index (χ1n) is 21.1. The van der Waals surface area contributed by atoms with E-state index >= 15 is 0 Å². The Morgan fingerprint density at radius 3 is 2.13 bits per heavy atom. The molecule has 2 aliphatic rings. The summed E-state index contributed by atoms with van der Waals surface area (Å²) in [5.74, 6) is -0.707. The summed E-state index contributed by atoms with van der Waals surface area (Å²) in [5, 5.41) is 21.0. The van der Waals surface area contributed by atoms with Crippen LogP contribution in [0.15, 0.2) is 83.5 Å². The SMILES string of the molecule is C=C(/C=C(/C=C/C=C1\N(CCCCCC(=O)O)c2ccc(S(=O)(=O)O)cc2C1(C)C)c1cc2c(cc1O)N(CCOCCOCCOCCOC)C(C)(C)C=C2C)C(C)(C)C.